The number of nitrogens with zero attached hydrogens (tertiary/aromatic N) is 1. The summed E-state index contributed by atoms with van der Waals surface area (Å²) in [7, 11) is -2.13. The molecular weight excluding hydrogens is 408 g/mol. The summed E-state index contributed by atoms with van der Waals surface area (Å²) < 4.78 is 28.8. The molecule has 0 aliphatic rings. The fourth-order valence-corrected chi connectivity index (χ4v) is 4.81. The molecule has 0 radical (unpaired) electrons. The molecule has 3 rings (SSSR count). The maximum absolute atomic E-state index is 13.1. The van der Waals surface area contributed by atoms with Crippen LogP contribution in [0.5, 0.6) is 0 Å². The Hall–Kier alpha value is -3.12. The van der Waals surface area contributed by atoms with E-state index in [2.05, 4.69) is 4.72 Å². The number of amides is 1. The maximum Gasteiger partial charge on any atom is 0.262 e. The molecule has 162 valence electrons. The quantitative estimate of drug-likeness (QED) is 0.592. The highest BCUT2D eigenvalue weighted by atomic mass is 32.2. The van der Waals surface area contributed by atoms with E-state index in [0.29, 0.717) is 23.4 Å². The van der Waals surface area contributed by atoms with Crippen molar-refractivity contribution in [3.63, 3.8) is 0 Å². The molecule has 0 saturated carbocycles. The van der Waals surface area contributed by atoms with Gasteiger partial charge in [-0.05, 0) is 62.6 Å². The van der Waals surface area contributed by atoms with Gasteiger partial charge in [-0.25, -0.2) is 8.42 Å². The first kappa shape index (κ1) is 22.6. The fourth-order valence-electron chi connectivity index (χ4n) is 3.41. The summed E-state index contributed by atoms with van der Waals surface area (Å²) in [5.41, 5.74) is 5.50. The van der Waals surface area contributed by atoms with E-state index in [1.165, 1.54) is 6.07 Å². The minimum atomic E-state index is -3.85. The van der Waals surface area contributed by atoms with Crippen molar-refractivity contribution in [1.82, 2.24) is 4.90 Å². The predicted octanol–water partition coefficient (Wildman–Crippen LogP) is 4.99. The zero-order valence-electron chi connectivity index (χ0n) is 18.6. The number of carbonyl (C=O) groups excluding carboxylic acids is 1. The Kier molecular flexibility index (Phi) is 6.51. The van der Waals surface area contributed by atoms with Crippen LogP contribution in [0.25, 0.3) is 0 Å². The topological polar surface area (TPSA) is 66.5 Å². The van der Waals surface area contributed by atoms with Crippen molar-refractivity contribution in [2.45, 2.75) is 39.1 Å². The normalized spacial score (nSPS) is 11.3. The second kappa shape index (κ2) is 8.94. The molecule has 6 heteroatoms. The molecule has 0 spiro atoms. The third-order valence-electron chi connectivity index (χ3n) is 5.24. The van der Waals surface area contributed by atoms with Gasteiger partial charge in [-0.1, -0.05) is 53.6 Å². The second-order valence-electron chi connectivity index (χ2n) is 8.05. The lowest BCUT2D eigenvalue weighted by molar-refractivity contribution is 0.0785. The molecule has 0 bridgehead atoms. The first-order valence-electron chi connectivity index (χ1n) is 10.1. The van der Waals surface area contributed by atoms with Crippen molar-refractivity contribution >= 4 is 21.6 Å². The van der Waals surface area contributed by atoms with Gasteiger partial charge in [-0.15, -0.1) is 0 Å². The zero-order valence-corrected chi connectivity index (χ0v) is 19.4. The van der Waals surface area contributed by atoms with Gasteiger partial charge in [0.1, 0.15) is 0 Å². The molecule has 5 nitrogen and oxygen atoms in total. The number of nitrogens with one attached hydrogen (secondary N) is 1. The van der Waals surface area contributed by atoms with Gasteiger partial charge in [-0.3, -0.25) is 9.52 Å². The van der Waals surface area contributed by atoms with E-state index >= 15 is 0 Å². The summed E-state index contributed by atoms with van der Waals surface area (Å²) in [6.45, 7) is 7.99. The van der Waals surface area contributed by atoms with Crippen molar-refractivity contribution in [3.05, 3.63) is 94.0 Å². The summed E-state index contributed by atoms with van der Waals surface area (Å²) in [6.07, 6.45) is 0. The SMILES string of the molecule is Cc1ccc(CN(C)C(=O)c2ccc(C)c(S(=O)(=O)Nc3ccc(C)cc3C)c2)cc1. The lowest BCUT2D eigenvalue weighted by Gasteiger charge is -2.19. The number of rotatable bonds is 6. The Labute approximate surface area is 184 Å². The van der Waals surface area contributed by atoms with Crippen molar-refractivity contribution in [2.24, 2.45) is 0 Å². The Morgan fingerprint density at radius 1 is 0.839 bits per heavy atom. The predicted molar refractivity (Wildman–Crippen MR) is 125 cm³/mol. The molecule has 31 heavy (non-hydrogen) atoms. The highest BCUT2D eigenvalue weighted by Crippen LogP contribution is 2.24. The van der Waals surface area contributed by atoms with Crippen LogP contribution in [-0.4, -0.2) is 26.3 Å². The molecule has 1 amide bonds. The van der Waals surface area contributed by atoms with Gasteiger partial charge in [0, 0.05) is 19.2 Å². The molecule has 0 unspecified atom stereocenters. The molecule has 0 atom stereocenters. The molecule has 0 heterocycles. The molecule has 0 fully saturated rings. The van der Waals surface area contributed by atoms with Crippen molar-refractivity contribution in [3.8, 4) is 0 Å². The first-order valence-corrected chi connectivity index (χ1v) is 11.6. The molecule has 0 aliphatic heterocycles. The summed E-state index contributed by atoms with van der Waals surface area (Å²) in [6, 6.07) is 18.3. The molecule has 0 aromatic heterocycles. The summed E-state index contributed by atoms with van der Waals surface area (Å²) >= 11 is 0. The van der Waals surface area contributed by atoms with Gasteiger partial charge in [0.05, 0.1) is 10.6 Å². The van der Waals surface area contributed by atoms with E-state index in [1.54, 1.807) is 37.1 Å². The number of anilines is 1. The summed E-state index contributed by atoms with van der Waals surface area (Å²) in [5, 5.41) is 0. The molecule has 3 aromatic carbocycles. The number of hydrogen-bond donors (Lipinski definition) is 1. The zero-order chi connectivity index (χ0) is 22.8. The van der Waals surface area contributed by atoms with Crippen LogP contribution < -0.4 is 4.72 Å². The third-order valence-corrected chi connectivity index (χ3v) is 6.75. The number of benzene rings is 3. The van der Waals surface area contributed by atoms with E-state index in [4.69, 9.17) is 0 Å². The number of carbonyl (C=O) groups is 1. The molecule has 1 N–H and O–H groups in total. The van der Waals surface area contributed by atoms with Crippen LogP contribution in [0.15, 0.2) is 65.6 Å². The standard InChI is InChI=1S/C25H28N2O3S/c1-17-6-10-21(11-7-17)16-27(5)25(28)22-12-9-19(3)24(15-22)31(29,30)26-23-13-8-18(2)14-20(23)4/h6-15,26H,16H2,1-5H3. The van der Waals surface area contributed by atoms with Gasteiger partial charge >= 0.3 is 0 Å². The highest BCUT2D eigenvalue weighted by molar-refractivity contribution is 7.92. The van der Waals surface area contributed by atoms with Crippen LogP contribution >= 0.6 is 0 Å². The molecule has 0 saturated heterocycles. The van der Waals surface area contributed by atoms with Crippen LogP contribution in [0.3, 0.4) is 0 Å². The van der Waals surface area contributed by atoms with Crippen molar-refractivity contribution in [1.29, 1.82) is 0 Å². The van der Waals surface area contributed by atoms with E-state index < -0.39 is 10.0 Å². The Balaban J connectivity index is 1.86. The second-order valence-corrected chi connectivity index (χ2v) is 9.70. The van der Waals surface area contributed by atoms with E-state index in [1.807, 2.05) is 57.2 Å². The molecule has 3 aromatic rings. The van der Waals surface area contributed by atoms with Gasteiger partial charge < -0.3 is 4.90 Å². The minimum Gasteiger partial charge on any atom is -0.337 e. The Morgan fingerprint density at radius 3 is 2.13 bits per heavy atom. The number of aryl methyl sites for hydroxylation is 4. The van der Waals surface area contributed by atoms with Crippen LogP contribution in [0, 0.1) is 27.7 Å². The molecular formula is C25H28N2O3S. The van der Waals surface area contributed by atoms with Gasteiger partial charge in [0.2, 0.25) is 0 Å². The van der Waals surface area contributed by atoms with E-state index in [0.717, 1.165) is 22.3 Å². The lowest BCUT2D eigenvalue weighted by Crippen LogP contribution is -2.26. The van der Waals surface area contributed by atoms with Crippen LogP contribution in [0.1, 0.15) is 38.2 Å². The monoisotopic (exact) mass is 436 g/mol. The number of hydrogen-bond acceptors (Lipinski definition) is 3. The van der Waals surface area contributed by atoms with Crippen molar-refractivity contribution < 1.29 is 13.2 Å². The smallest absolute Gasteiger partial charge is 0.262 e. The van der Waals surface area contributed by atoms with Crippen molar-refractivity contribution in [2.75, 3.05) is 11.8 Å². The lowest BCUT2D eigenvalue weighted by atomic mass is 10.1. The van der Waals surface area contributed by atoms with Crippen LogP contribution in [0.4, 0.5) is 5.69 Å². The maximum atomic E-state index is 13.1. The third kappa shape index (κ3) is 5.33. The summed E-state index contributed by atoms with van der Waals surface area (Å²) in [4.78, 5) is 14.7. The number of sulfonamides is 1. The van der Waals surface area contributed by atoms with E-state index in [9.17, 15) is 13.2 Å². The Bertz CT molecular complexity index is 1220. The average molecular weight is 437 g/mol. The van der Waals surface area contributed by atoms with Crippen LogP contribution in [0.2, 0.25) is 0 Å². The fraction of sp³-hybridized carbons (Fsp3) is 0.240. The first-order chi connectivity index (χ1) is 14.6. The van der Waals surface area contributed by atoms with Gasteiger partial charge in [0.25, 0.3) is 15.9 Å². The van der Waals surface area contributed by atoms with Crippen LogP contribution in [-0.2, 0) is 16.6 Å². The van der Waals surface area contributed by atoms with Gasteiger partial charge in [-0.2, -0.15) is 0 Å². The average Bonchev–Trinajstić information content (AvgIpc) is 2.71. The highest BCUT2D eigenvalue weighted by Gasteiger charge is 2.21. The summed E-state index contributed by atoms with van der Waals surface area (Å²) in [5.74, 6) is -0.233. The van der Waals surface area contributed by atoms with Gasteiger partial charge in [0.15, 0.2) is 0 Å². The Morgan fingerprint density at radius 2 is 1.48 bits per heavy atom. The minimum absolute atomic E-state index is 0.0991. The molecule has 0 aliphatic carbocycles. The largest absolute Gasteiger partial charge is 0.337 e. The van der Waals surface area contributed by atoms with E-state index in [-0.39, 0.29) is 10.8 Å².